The van der Waals surface area contributed by atoms with Gasteiger partial charge in [0.2, 0.25) is 5.91 Å². The Morgan fingerprint density at radius 3 is 2.16 bits per heavy atom. The van der Waals surface area contributed by atoms with Crippen LogP contribution in [0.2, 0.25) is 0 Å². The molecule has 31 heavy (non-hydrogen) atoms. The number of aromatic nitrogens is 2. The monoisotopic (exact) mass is 418 g/mol. The van der Waals surface area contributed by atoms with Crippen molar-refractivity contribution in [3.05, 3.63) is 86.8 Å². The van der Waals surface area contributed by atoms with Gasteiger partial charge in [0.1, 0.15) is 5.69 Å². The van der Waals surface area contributed by atoms with E-state index in [2.05, 4.69) is 15.7 Å². The summed E-state index contributed by atoms with van der Waals surface area (Å²) in [7, 11) is 0. The molecule has 0 aliphatic rings. The second-order valence-corrected chi connectivity index (χ2v) is 7.67. The van der Waals surface area contributed by atoms with Gasteiger partial charge in [-0.05, 0) is 57.0 Å². The van der Waals surface area contributed by atoms with Crippen molar-refractivity contribution in [1.29, 1.82) is 0 Å². The van der Waals surface area contributed by atoms with Crippen molar-refractivity contribution in [2.45, 2.75) is 40.7 Å². The van der Waals surface area contributed by atoms with E-state index in [-0.39, 0.29) is 30.1 Å². The van der Waals surface area contributed by atoms with Crippen LogP contribution in [0.25, 0.3) is 0 Å². The predicted molar refractivity (Wildman–Crippen MR) is 122 cm³/mol. The zero-order chi connectivity index (χ0) is 22.5. The average molecular weight is 418 g/mol. The second kappa shape index (κ2) is 9.38. The predicted octanol–water partition coefficient (Wildman–Crippen LogP) is 3.76. The lowest BCUT2D eigenvalue weighted by Gasteiger charge is -2.13. The minimum absolute atomic E-state index is 0.0582. The summed E-state index contributed by atoms with van der Waals surface area (Å²) in [6, 6.07) is 14.0. The first-order chi connectivity index (χ1) is 14.7. The van der Waals surface area contributed by atoms with Gasteiger partial charge >= 0.3 is 0 Å². The van der Waals surface area contributed by atoms with Crippen molar-refractivity contribution in [1.82, 2.24) is 9.78 Å². The van der Waals surface area contributed by atoms with Crippen molar-refractivity contribution in [2.24, 2.45) is 0 Å². The quantitative estimate of drug-likeness (QED) is 0.637. The summed E-state index contributed by atoms with van der Waals surface area (Å²) >= 11 is 0. The van der Waals surface area contributed by atoms with Gasteiger partial charge in [-0.1, -0.05) is 35.4 Å². The third-order valence-corrected chi connectivity index (χ3v) is 4.90. The van der Waals surface area contributed by atoms with E-state index in [4.69, 9.17) is 0 Å². The van der Waals surface area contributed by atoms with Gasteiger partial charge in [-0.15, -0.1) is 0 Å². The summed E-state index contributed by atoms with van der Waals surface area (Å²) in [4.78, 5) is 37.1. The van der Waals surface area contributed by atoms with Crippen LogP contribution in [0.4, 0.5) is 11.4 Å². The van der Waals surface area contributed by atoms with E-state index in [1.165, 1.54) is 12.1 Å². The van der Waals surface area contributed by atoms with Gasteiger partial charge in [0, 0.05) is 23.9 Å². The Bertz CT molecular complexity index is 1160. The molecule has 0 saturated heterocycles. The van der Waals surface area contributed by atoms with Crippen LogP contribution in [-0.2, 0) is 11.3 Å². The van der Waals surface area contributed by atoms with Crippen molar-refractivity contribution < 1.29 is 9.59 Å². The number of aryl methyl sites for hydroxylation is 5. The molecule has 0 aliphatic carbocycles. The number of hydrogen-bond donors (Lipinski definition) is 2. The number of carbonyl (C=O) groups excluding carboxylic acids is 2. The zero-order valence-electron chi connectivity index (χ0n) is 18.2. The van der Waals surface area contributed by atoms with Gasteiger partial charge in [-0.3, -0.25) is 14.4 Å². The lowest BCUT2D eigenvalue weighted by molar-refractivity contribution is -0.116. The highest BCUT2D eigenvalue weighted by atomic mass is 16.2. The highest BCUT2D eigenvalue weighted by molar-refractivity contribution is 6.02. The molecule has 3 aromatic rings. The molecule has 7 heteroatoms. The molecule has 2 amide bonds. The number of amides is 2. The van der Waals surface area contributed by atoms with Crippen molar-refractivity contribution in [2.75, 3.05) is 10.6 Å². The molecule has 0 spiro atoms. The van der Waals surface area contributed by atoms with Crippen LogP contribution in [0.15, 0.2) is 53.3 Å². The van der Waals surface area contributed by atoms with E-state index in [9.17, 15) is 14.4 Å². The van der Waals surface area contributed by atoms with E-state index >= 15 is 0 Å². The molecule has 0 fully saturated rings. The Balaban J connectivity index is 1.66. The first kappa shape index (κ1) is 22.0. The molecule has 0 radical (unpaired) electrons. The minimum Gasteiger partial charge on any atom is -0.326 e. The maximum atomic E-state index is 12.5. The largest absolute Gasteiger partial charge is 0.326 e. The normalized spacial score (nSPS) is 10.6. The van der Waals surface area contributed by atoms with E-state index in [1.807, 2.05) is 52.0 Å². The van der Waals surface area contributed by atoms with Crippen LogP contribution >= 0.6 is 0 Å². The van der Waals surface area contributed by atoms with Crippen LogP contribution in [0.5, 0.6) is 0 Å². The van der Waals surface area contributed by atoms with E-state index in [0.717, 1.165) is 32.6 Å². The number of benzene rings is 2. The highest BCUT2D eigenvalue weighted by Gasteiger charge is 2.12. The molecule has 0 bridgehead atoms. The number of nitrogens with zero attached hydrogens (tertiary/aromatic N) is 2. The molecule has 7 nitrogen and oxygen atoms in total. The topological polar surface area (TPSA) is 93.1 Å². The van der Waals surface area contributed by atoms with Crippen LogP contribution < -0.4 is 16.2 Å². The summed E-state index contributed by atoms with van der Waals surface area (Å²) in [6.07, 6.45) is 0.0582. The molecule has 2 N–H and O–H groups in total. The summed E-state index contributed by atoms with van der Waals surface area (Å²) in [6.45, 7) is 7.92. The summed E-state index contributed by atoms with van der Waals surface area (Å²) < 4.78 is 1.14. The fraction of sp³-hybridized carbons (Fsp3) is 0.250. The fourth-order valence-electron chi connectivity index (χ4n) is 3.35. The molecule has 160 valence electrons. The number of rotatable bonds is 6. The molecule has 2 aromatic carbocycles. The van der Waals surface area contributed by atoms with Crippen molar-refractivity contribution in [3.63, 3.8) is 0 Å². The molecular formula is C24H26N4O3. The second-order valence-electron chi connectivity index (χ2n) is 7.67. The average Bonchev–Trinajstić information content (AvgIpc) is 2.71. The summed E-state index contributed by atoms with van der Waals surface area (Å²) in [5, 5.41) is 9.78. The lowest BCUT2D eigenvalue weighted by atomic mass is 10.1. The van der Waals surface area contributed by atoms with Crippen molar-refractivity contribution in [3.8, 4) is 0 Å². The third-order valence-electron chi connectivity index (χ3n) is 4.90. The van der Waals surface area contributed by atoms with E-state index < -0.39 is 5.91 Å². The van der Waals surface area contributed by atoms with Gasteiger partial charge in [0.15, 0.2) is 0 Å². The number of anilines is 2. The van der Waals surface area contributed by atoms with Crippen molar-refractivity contribution >= 4 is 23.2 Å². The Morgan fingerprint density at radius 2 is 1.52 bits per heavy atom. The minimum atomic E-state index is -0.423. The standard InChI is InChI=1S/C24H26N4O3/c1-15-5-7-19(8-6-15)25-24(31)20-9-10-22(30)28(27-20)12-11-21(29)26-23-17(3)13-16(2)14-18(23)4/h5-10,13-14H,11-12H2,1-4H3,(H,25,31)(H,26,29). The SMILES string of the molecule is Cc1ccc(NC(=O)c2ccc(=O)n(CCC(=O)Nc3c(C)cc(C)cc3C)n2)cc1. The van der Waals surface area contributed by atoms with Crippen LogP contribution in [0, 0.1) is 27.7 Å². The summed E-state index contributed by atoms with van der Waals surface area (Å²) in [5.74, 6) is -0.647. The molecule has 0 atom stereocenters. The molecule has 1 heterocycles. The molecule has 0 aliphatic heterocycles. The molecule has 0 unspecified atom stereocenters. The molecule has 3 rings (SSSR count). The molecule has 0 saturated carbocycles. The first-order valence-electron chi connectivity index (χ1n) is 10.1. The van der Waals surface area contributed by atoms with Gasteiger partial charge in [-0.25, -0.2) is 4.68 Å². The van der Waals surface area contributed by atoms with Crippen LogP contribution in [-0.4, -0.2) is 21.6 Å². The lowest BCUT2D eigenvalue weighted by Crippen LogP contribution is -2.28. The summed E-state index contributed by atoms with van der Waals surface area (Å²) in [5.41, 5.74) is 5.32. The van der Waals surface area contributed by atoms with E-state index in [1.54, 1.807) is 12.1 Å². The first-order valence-corrected chi connectivity index (χ1v) is 10.1. The number of hydrogen-bond acceptors (Lipinski definition) is 4. The van der Waals surface area contributed by atoms with Gasteiger partial charge < -0.3 is 10.6 Å². The Labute approximate surface area is 181 Å². The van der Waals surface area contributed by atoms with Gasteiger partial charge in [0.05, 0.1) is 6.54 Å². The van der Waals surface area contributed by atoms with Crippen LogP contribution in [0.1, 0.15) is 39.2 Å². The maximum absolute atomic E-state index is 12.5. The smallest absolute Gasteiger partial charge is 0.276 e. The number of carbonyl (C=O) groups is 2. The third kappa shape index (κ3) is 5.66. The van der Waals surface area contributed by atoms with E-state index in [0.29, 0.717) is 5.69 Å². The molecular weight excluding hydrogens is 392 g/mol. The zero-order valence-corrected chi connectivity index (χ0v) is 18.2. The van der Waals surface area contributed by atoms with Gasteiger partial charge in [0.25, 0.3) is 11.5 Å². The van der Waals surface area contributed by atoms with Crippen LogP contribution in [0.3, 0.4) is 0 Å². The Morgan fingerprint density at radius 1 is 0.871 bits per heavy atom. The maximum Gasteiger partial charge on any atom is 0.276 e. The Hall–Kier alpha value is -3.74. The highest BCUT2D eigenvalue weighted by Crippen LogP contribution is 2.22. The van der Waals surface area contributed by atoms with Gasteiger partial charge in [-0.2, -0.15) is 5.10 Å². The Kier molecular flexibility index (Phi) is 6.65. The molecule has 1 aromatic heterocycles. The number of nitrogens with one attached hydrogen (secondary N) is 2. The fourth-order valence-corrected chi connectivity index (χ4v) is 3.35.